The van der Waals surface area contributed by atoms with E-state index < -0.39 is 5.91 Å². The molecule has 0 fully saturated rings. The Morgan fingerprint density at radius 3 is 2.33 bits per heavy atom. The Labute approximate surface area is 202 Å². The van der Waals surface area contributed by atoms with E-state index in [4.69, 9.17) is 9.47 Å². The third-order valence-electron chi connectivity index (χ3n) is 5.08. The fraction of sp³-hybridized carbons (Fsp3) is 0.185. The average molecular weight is 505 g/mol. The molecule has 0 heterocycles. The molecular weight excluding hydrogens is 480 g/mol. The van der Waals surface area contributed by atoms with Crippen LogP contribution in [-0.4, -0.2) is 13.0 Å². The summed E-state index contributed by atoms with van der Waals surface area (Å²) in [6, 6.07) is 21.1. The van der Waals surface area contributed by atoms with E-state index in [9.17, 15) is 10.1 Å². The number of amides is 1. The molecule has 0 aliphatic heterocycles. The van der Waals surface area contributed by atoms with Crippen molar-refractivity contribution in [2.75, 3.05) is 12.4 Å². The number of carbonyl (C=O) groups is 1. The van der Waals surface area contributed by atoms with Crippen LogP contribution in [0.15, 0.2) is 70.7 Å². The molecule has 3 rings (SSSR count). The lowest BCUT2D eigenvalue weighted by Crippen LogP contribution is -2.13. The van der Waals surface area contributed by atoms with Crippen LogP contribution in [0.25, 0.3) is 6.08 Å². The van der Waals surface area contributed by atoms with E-state index in [1.165, 1.54) is 17.2 Å². The van der Waals surface area contributed by atoms with Crippen molar-refractivity contribution in [1.29, 1.82) is 5.26 Å². The minimum Gasteiger partial charge on any atom is -0.493 e. The van der Waals surface area contributed by atoms with E-state index in [2.05, 4.69) is 28.2 Å². The predicted octanol–water partition coefficient (Wildman–Crippen LogP) is 6.45. The van der Waals surface area contributed by atoms with Crippen molar-refractivity contribution < 1.29 is 14.3 Å². The molecule has 0 radical (unpaired) electrons. The van der Waals surface area contributed by atoms with Crippen molar-refractivity contribution in [3.63, 3.8) is 0 Å². The monoisotopic (exact) mass is 504 g/mol. The first-order valence-corrected chi connectivity index (χ1v) is 11.3. The van der Waals surface area contributed by atoms with E-state index in [0.29, 0.717) is 33.8 Å². The maximum absolute atomic E-state index is 12.6. The van der Waals surface area contributed by atoms with Crippen molar-refractivity contribution in [3.8, 4) is 17.6 Å². The molecule has 0 aliphatic carbocycles. The van der Waals surface area contributed by atoms with Gasteiger partial charge in [-0.1, -0.05) is 64.8 Å². The summed E-state index contributed by atoms with van der Waals surface area (Å²) in [5.41, 5.74) is 4.64. The SMILES string of the molecule is CCc1ccc(NC(=O)/C(C#N)=C/c2cc(OC)c(OCc3ccc(C)cc3)cc2Br)cc1. The molecule has 0 saturated heterocycles. The third kappa shape index (κ3) is 6.47. The number of nitriles is 1. The molecule has 168 valence electrons. The standard InChI is InChI=1S/C27H25BrN2O3/c1-4-19-9-11-23(12-10-19)30-27(31)22(16-29)13-21-14-25(32-3)26(15-24(21)28)33-17-20-7-5-18(2)6-8-20/h5-15H,4,17H2,1-3H3,(H,30,31)/b22-13+. The van der Waals surface area contributed by atoms with E-state index in [1.54, 1.807) is 19.2 Å². The van der Waals surface area contributed by atoms with Crippen molar-refractivity contribution in [1.82, 2.24) is 0 Å². The Morgan fingerprint density at radius 2 is 1.73 bits per heavy atom. The number of ether oxygens (including phenoxy) is 2. The highest BCUT2D eigenvalue weighted by Gasteiger charge is 2.14. The molecule has 0 spiro atoms. The second-order valence-corrected chi connectivity index (χ2v) is 8.33. The average Bonchev–Trinajstić information content (AvgIpc) is 2.83. The largest absolute Gasteiger partial charge is 0.493 e. The van der Waals surface area contributed by atoms with Gasteiger partial charge in [0.15, 0.2) is 11.5 Å². The molecule has 5 nitrogen and oxygen atoms in total. The second-order valence-electron chi connectivity index (χ2n) is 7.47. The topological polar surface area (TPSA) is 71.4 Å². The second kappa shape index (κ2) is 11.3. The zero-order valence-electron chi connectivity index (χ0n) is 18.8. The van der Waals surface area contributed by atoms with Gasteiger partial charge in [-0.2, -0.15) is 5.26 Å². The summed E-state index contributed by atoms with van der Waals surface area (Å²) in [7, 11) is 1.55. The first-order valence-electron chi connectivity index (χ1n) is 10.5. The van der Waals surface area contributed by atoms with Gasteiger partial charge in [-0.25, -0.2) is 0 Å². The van der Waals surface area contributed by atoms with Crippen LogP contribution >= 0.6 is 15.9 Å². The van der Waals surface area contributed by atoms with Gasteiger partial charge >= 0.3 is 0 Å². The number of benzene rings is 3. The molecule has 1 N–H and O–H groups in total. The molecule has 0 saturated carbocycles. The van der Waals surface area contributed by atoms with Gasteiger partial charge in [-0.3, -0.25) is 4.79 Å². The van der Waals surface area contributed by atoms with Crippen molar-refractivity contribution in [3.05, 3.63) is 93.0 Å². The summed E-state index contributed by atoms with van der Waals surface area (Å²) in [5.74, 6) is 0.581. The molecule has 0 unspecified atom stereocenters. The molecule has 3 aromatic rings. The Balaban J connectivity index is 1.79. The number of hydrogen-bond acceptors (Lipinski definition) is 4. The number of hydrogen-bond donors (Lipinski definition) is 1. The van der Waals surface area contributed by atoms with Crippen LogP contribution in [0.2, 0.25) is 0 Å². The Morgan fingerprint density at radius 1 is 1.06 bits per heavy atom. The fourth-order valence-electron chi connectivity index (χ4n) is 3.11. The van der Waals surface area contributed by atoms with Crippen molar-refractivity contribution >= 4 is 33.6 Å². The normalized spacial score (nSPS) is 10.9. The minimum absolute atomic E-state index is 0.0226. The molecule has 33 heavy (non-hydrogen) atoms. The molecular formula is C27H25BrN2O3. The number of nitrogens with one attached hydrogen (secondary N) is 1. The molecule has 6 heteroatoms. The molecule has 0 atom stereocenters. The van der Waals surface area contributed by atoms with Crippen LogP contribution in [-0.2, 0) is 17.8 Å². The zero-order valence-corrected chi connectivity index (χ0v) is 20.4. The van der Waals surface area contributed by atoms with Gasteiger partial charge in [-0.15, -0.1) is 0 Å². The van der Waals surface area contributed by atoms with Crippen LogP contribution < -0.4 is 14.8 Å². The van der Waals surface area contributed by atoms with Crippen LogP contribution in [0, 0.1) is 18.3 Å². The minimum atomic E-state index is -0.479. The van der Waals surface area contributed by atoms with E-state index in [0.717, 1.165) is 12.0 Å². The van der Waals surface area contributed by atoms with Crippen LogP contribution in [0.1, 0.15) is 29.2 Å². The molecule has 0 aliphatic rings. The Kier molecular flexibility index (Phi) is 8.28. The van der Waals surface area contributed by atoms with Gasteiger partial charge < -0.3 is 14.8 Å². The highest BCUT2D eigenvalue weighted by atomic mass is 79.9. The lowest BCUT2D eigenvalue weighted by atomic mass is 10.1. The highest BCUT2D eigenvalue weighted by Crippen LogP contribution is 2.35. The number of methoxy groups -OCH3 is 1. The Bertz CT molecular complexity index is 1190. The third-order valence-corrected chi connectivity index (χ3v) is 5.77. The number of anilines is 1. The zero-order chi connectivity index (χ0) is 23.8. The van der Waals surface area contributed by atoms with Gasteiger partial charge in [0.05, 0.1) is 7.11 Å². The molecule has 0 bridgehead atoms. The van der Waals surface area contributed by atoms with Crippen LogP contribution in [0.4, 0.5) is 5.69 Å². The number of carbonyl (C=O) groups excluding carboxylic acids is 1. The van der Waals surface area contributed by atoms with Gasteiger partial charge in [0, 0.05) is 10.2 Å². The number of aryl methyl sites for hydroxylation is 2. The maximum atomic E-state index is 12.6. The summed E-state index contributed by atoms with van der Waals surface area (Å²) < 4.78 is 12.1. The molecule has 0 aromatic heterocycles. The molecule has 1 amide bonds. The summed E-state index contributed by atoms with van der Waals surface area (Å²) in [6.45, 7) is 4.49. The summed E-state index contributed by atoms with van der Waals surface area (Å²) in [6.07, 6.45) is 2.43. The first-order chi connectivity index (χ1) is 15.9. The summed E-state index contributed by atoms with van der Waals surface area (Å²) in [5, 5.41) is 12.3. The van der Waals surface area contributed by atoms with Gasteiger partial charge in [0.25, 0.3) is 5.91 Å². The number of rotatable bonds is 8. The lowest BCUT2D eigenvalue weighted by Gasteiger charge is -2.13. The predicted molar refractivity (Wildman–Crippen MR) is 134 cm³/mol. The maximum Gasteiger partial charge on any atom is 0.266 e. The van der Waals surface area contributed by atoms with Crippen molar-refractivity contribution in [2.24, 2.45) is 0 Å². The summed E-state index contributed by atoms with van der Waals surface area (Å²) in [4.78, 5) is 12.6. The fourth-order valence-corrected chi connectivity index (χ4v) is 3.54. The Hall–Kier alpha value is -3.56. The molecule has 3 aromatic carbocycles. The van der Waals surface area contributed by atoms with E-state index in [-0.39, 0.29) is 5.57 Å². The van der Waals surface area contributed by atoms with E-state index >= 15 is 0 Å². The van der Waals surface area contributed by atoms with Gasteiger partial charge in [0.2, 0.25) is 0 Å². The quantitative estimate of drug-likeness (QED) is 0.282. The summed E-state index contributed by atoms with van der Waals surface area (Å²) >= 11 is 3.51. The number of nitrogens with zero attached hydrogens (tertiary/aromatic N) is 1. The first kappa shape index (κ1) is 24.1. The highest BCUT2D eigenvalue weighted by molar-refractivity contribution is 9.10. The van der Waals surface area contributed by atoms with Crippen molar-refractivity contribution in [2.45, 2.75) is 26.9 Å². The smallest absolute Gasteiger partial charge is 0.266 e. The van der Waals surface area contributed by atoms with Crippen LogP contribution in [0.5, 0.6) is 11.5 Å². The number of halogens is 1. The van der Waals surface area contributed by atoms with Crippen LogP contribution in [0.3, 0.4) is 0 Å². The van der Waals surface area contributed by atoms with Gasteiger partial charge in [-0.05, 0) is 60.4 Å². The van der Waals surface area contributed by atoms with Gasteiger partial charge in [0.1, 0.15) is 18.2 Å². The lowest BCUT2D eigenvalue weighted by molar-refractivity contribution is -0.112. The van der Waals surface area contributed by atoms with E-state index in [1.807, 2.05) is 61.5 Å².